The van der Waals surface area contributed by atoms with Gasteiger partial charge in [-0.3, -0.25) is 0 Å². The third kappa shape index (κ3) is 3.23. The molecule has 0 amide bonds. The molecule has 1 aromatic carbocycles. The van der Waals surface area contributed by atoms with Gasteiger partial charge in [0.25, 0.3) is 0 Å². The Hall–Kier alpha value is -1.31. The minimum absolute atomic E-state index is 0.0296. The molecule has 2 atom stereocenters. The van der Waals surface area contributed by atoms with Crippen molar-refractivity contribution in [2.45, 2.75) is 24.2 Å². The molecule has 1 saturated carbocycles. The number of phenolic OH excluding ortho intramolecular Hbond substituents is 1. The van der Waals surface area contributed by atoms with Crippen molar-refractivity contribution in [1.82, 2.24) is 4.72 Å². The second kappa shape index (κ2) is 5.99. The Labute approximate surface area is 118 Å². The fraction of sp³-hybridized carbons (Fsp3) is 0.538. The van der Waals surface area contributed by atoms with Gasteiger partial charge in [-0.1, -0.05) is 6.42 Å². The molecule has 6 nitrogen and oxygen atoms in total. The molecule has 0 aromatic heterocycles. The zero-order chi connectivity index (χ0) is 14.8. The lowest BCUT2D eigenvalue weighted by atomic mass is 9.97. The Kier molecular flexibility index (Phi) is 4.52. The van der Waals surface area contributed by atoms with Gasteiger partial charge in [0.2, 0.25) is 10.0 Å². The van der Waals surface area contributed by atoms with E-state index < -0.39 is 10.0 Å². The van der Waals surface area contributed by atoms with E-state index in [2.05, 4.69) is 4.72 Å². The number of hydrogen-bond acceptors (Lipinski definition) is 5. The SMILES string of the molecule is Nc1cc(S(=O)(=O)NCC2CCCC2CO)ccc1O. The fourth-order valence-electron chi connectivity index (χ4n) is 2.62. The highest BCUT2D eigenvalue weighted by Crippen LogP contribution is 2.31. The van der Waals surface area contributed by atoms with Crippen LogP contribution in [-0.2, 0) is 10.0 Å². The normalized spacial score (nSPS) is 23.1. The predicted molar refractivity (Wildman–Crippen MR) is 75.6 cm³/mol. The van der Waals surface area contributed by atoms with Gasteiger partial charge in [-0.05, 0) is 42.9 Å². The molecule has 0 radical (unpaired) electrons. The van der Waals surface area contributed by atoms with Crippen molar-refractivity contribution >= 4 is 15.7 Å². The molecule has 0 spiro atoms. The van der Waals surface area contributed by atoms with Crippen LogP contribution >= 0.6 is 0 Å². The summed E-state index contributed by atoms with van der Waals surface area (Å²) in [5.41, 5.74) is 5.53. The van der Waals surface area contributed by atoms with E-state index in [0.29, 0.717) is 6.54 Å². The Morgan fingerprint density at radius 3 is 2.65 bits per heavy atom. The maximum absolute atomic E-state index is 12.1. The summed E-state index contributed by atoms with van der Waals surface area (Å²) in [6.07, 6.45) is 2.88. The monoisotopic (exact) mass is 300 g/mol. The van der Waals surface area contributed by atoms with E-state index in [-0.39, 0.29) is 34.8 Å². The van der Waals surface area contributed by atoms with E-state index in [4.69, 9.17) is 5.73 Å². The van der Waals surface area contributed by atoms with Crippen molar-refractivity contribution in [3.05, 3.63) is 18.2 Å². The number of aromatic hydroxyl groups is 1. The summed E-state index contributed by atoms with van der Waals surface area (Å²) in [6, 6.07) is 3.80. The molecular formula is C13H20N2O4S. The van der Waals surface area contributed by atoms with Gasteiger partial charge >= 0.3 is 0 Å². The average molecular weight is 300 g/mol. The van der Waals surface area contributed by atoms with E-state index in [9.17, 15) is 18.6 Å². The molecule has 0 saturated heterocycles. The summed E-state index contributed by atoms with van der Waals surface area (Å²) in [5, 5.41) is 18.5. The van der Waals surface area contributed by atoms with Crippen LogP contribution in [-0.4, -0.2) is 31.8 Å². The number of hydrogen-bond donors (Lipinski definition) is 4. The molecule has 1 fully saturated rings. The molecular weight excluding hydrogens is 280 g/mol. The number of nitrogens with two attached hydrogens (primary N) is 1. The van der Waals surface area contributed by atoms with Crippen molar-refractivity contribution in [2.24, 2.45) is 11.8 Å². The van der Waals surface area contributed by atoms with Crippen molar-refractivity contribution in [3.63, 3.8) is 0 Å². The Bertz CT molecular complexity index is 574. The third-order valence-corrected chi connectivity index (χ3v) is 5.32. The third-order valence-electron chi connectivity index (χ3n) is 3.90. The van der Waals surface area contributed by atoms with Crippen molar-refractivity contribution < 1.29 is 18.6 Å². The topological polar surface area (TPSA) is 113 Å². The van der Waals surface area contributed by atoms with Crippen LogP contribution in [0, 0.1) is 11.8 Å². The molecule has 0 aliphatic heterocycles. The van der Waals surface area contributed by atoms with Gasteiger partial charge in [-0.15, -0.1) is 0 Å². The van der Waals surface area contributed by atoms with E-state index in [1.807, 2.05) is 0 Å². The number of benzene rings is 1. The van der Waals surface area contributed by atoms with Crippen LogP contribution in [0.15, 0.2) is 23.1 Å². The zero-order valence-electron chi connectivity index (χ0n) is 11.1. The number of rotatable bonds is 5. The van der Waals surface area contributed by atoms with E-state index >= 15 is 0 Å². The van der Waals surface area contributed by atoms with Gasteiger partial charge in [-0.25, -0.2) is 13.1 Å². The van der Waals surface area contributed by atoms with Gasteiger partial charge < -0.3 is 15.9 Å². The van der Waals surface area contributed by atoms with Crippen LogP contribution in [0.2, 0.25) is 0 Å². The summed E-state index contributed by atoms with van der Waals surface area (Å²) in [5.74, 6) is 0.201. The lowest BCUT2D eigenvalue weighted by molar-refractivity contribution is 0.195. The minimum atomic E-state index is -3.64. The zero-order valence-corrected chi connectivity index (χ0v) is 11.9. The van der Waals surface area contributed by atoms with Gasteiger partial charge in [0.05, 0.1) is 10.6 Å². The maximum atomic E-state index is 12.1. The average Bonchev–Trinajstić information content (AvgIpc) is 2.87. The smallest absolute Gasteiger partial charge is 0.240 e. The van der Waals surface area contributed by atoms with Crippen LogP contribution in [0.5, 0.6) is 5.75 Å². The summed E-state index contributed by atoms with van der Waals surface area (Å²) in [4.78, 5) is 0.0337. The minimum Gasteiger partial charge on any atom is -0.506 e. The Balaban J connectivity index is 2.05. The van der Waals surface area contributed by atoms with Gasteiger partial charge in [0, 0.05) is 13.2 Å². The molecule has 7 heteroatoms. The number of nitrogen functional groups attached to an aromatic ring is 1. The fourth-order valence-corrected chi connectivity index (χ4v) is 3.75. The predicted octanol–water partition coefficient (Wildman–Crippen LogP) is 0.661. The number of nitrogens with one attached hydrogen (secondary N) is 1. The van der Waals surface area contributed by atoms with E-state index in [0.717, 1.165) is 19.3 Å². The summed E-state index contributed by atoms with van der Waals surface area (Å²) >= 11 is 0. The van der Waals surface area contributed by atoms with Crippen molar-refractivity contribution in [1.29, 1.82) is 0 Å². The highest BCUT2D eigenvalue weighted by Gasteiger charge is 2.28. The Morgan fingerprint density at radius 1 is 1.30 bits per heavy atom. The van der Waals surface area contributed by atoms with Crippen LogP contribution < -0.4 is 10.5 Å². The molecule has 0 heterocycles. The summed E-state index contributed by atoms with van der Waals surface area (Å²) < 4.78 is 26.8. The highest BCUT2D eigenvalue weighted by molar-refractivity contribution is 7.89. The summed E-state index contributed by atoms with van der Waals surface area (Å²) in [6.45, 7) is 0.410. The molecule has 1 aromatic rings. The van der Waals surface area contributed by atoms with E-state index in [1.54, 1.807) is 0 Å². The first-order valence-electron chi connectivity index (χ1n) is 6.63. The first-order chi connectivity index (χ1) is 9.44. The first kappa shape index (κ1) is 15.1. The second-order valence-electron chi connectivity index (χ2n) is 5.21. The van der Waals surface area contributed by atoms with Crippen LogP contribution in [0.3, 0.4) is 0 Å². The number of anilines is 1. The molecule has 5 N–H and O–H groups in total. The molecule has 112 valence electrons. The lowest BCUT2D eigenvalue weighted by Crippen LogP contribution is -2.31. The van der Waals surface area contributed by atoms with Crippen molar-refractivity contribution in [3.8, 4) is 5.75 Å². The molecule has 1 aliphatic carbocycles. The van der Waals surface area contributed by atoms with Gasteiger partial charge in [0.15, 0.2) is 0 Å². The van der Waals surface area contributed by atoms with Gasteiger partial charge in [-0.2, -0.15) is 0 Å². The quantitative estimate of drug-likeness (QED) is 0.471. The van der Waals surface area contributed by atoms with Crippen molar-refractivity contribution in [2.75, 3.05) is 18.9 Å². The lowest BCUT2D eigenvalue weighted by Gasteiger charge is -2.18. The second-order valence-corrected chi connectivity index (χ2v) is 6.97. The van der Waals surface area contributed by atoms with Crippen LogP contribution in [0.25, 0.3) is 0 Å². The maximum Gasteiger partial charge on any atom is 0.240 e. The first-order valence-corrected chi connectivity index (χ1v) is 8.11. The van der Waals surface area contributed by atoms with Crippen LogP contribution in [0.4, 0.5) is 5.69 Å². The molecule has 2 rings (SSSR count). The van der Waals surface area contributed by atoms with E-state index in [1.165, 1.54) is 18.2 Å². The highest BCUT2D eigenvalue weighted by atomic mass is 32.2. The number of aliphatic hydroxyl groups excluding tert-OH is 1. The molecule has 0 bridgehead atoms. The Morgan fingerprint density at radius 2 is 2.00 bits per heavy atom. The number of phenols is 1. The largest absolute Gasteiger partial charge is 0.506 e. The number of aliphatic hydroxyl groups is 1. The van der Waals surface area contributed by atoms with Crippen LogP contribution in [0.1, 0.15) is 19.3 Å². The number of sulfonamides is 1. The molecule has 20 heavy (non-hydrogen) atoms. The molecule has 1 aliphatic rings. The summed E-state index contributed by atoms with van der Waals surface area (Å²) in [7, 11) is -3.64. The molecule has 2 unspecified atom stereocenters. The van der Waals surface area contributed by atoms with Gasteiger partial charge in [0.1, 0.15) is 5.75 Å². The standard InChI is InChI=1S/C13H20N2O4S/c14-12-6-11(4-5-13(12)17)20(18,19)15-7-9-2-1-3-10(9)8-16/h4-6,9-10,15-17H,1-3,7-8,14H2.